The number of benzene rings is 1. The van der Waals surface area contributed by atoms with Crippen molar-refractivity contribution in [2.75, 3.05) is 5.32 Å². The van der Waals surface area contributed by atoms with E-state index in [0.29, 0.717) is 0 Å². The molecule has 2 aromatic rings. The Morgan fingerprint density at radius 2 is 2.00 bits per heavy atom. The van der Waals surface area contributed by atoms with Crippen LogP contribution in [-0.2, 0) is 0 Å². The van der Waals surface area contributed by atoms with Crippen LogP contribution < -0.4 is 5.32 Å². The summed E-state index contributed by atoms with van der Waals surface area (Å²) in [6, 6.07) is 6.06. The molecule has 1 aromatic heterocycles. The molecule has 1 heterocycles. The lowest BCUT2D eigenvalue weighted by Crippen LogP contribution is -2.14. The summed E-state index contributed by atoms with van der Waals surface area (Å²) in [5.41, 5.74) is 0.0765. The minimum atomic E-state index is -0.688. The Morgan fingerprint density at radius 1 is 1.22 bits per heavy atom. The van der Waals surface area contributed by atoms with Gasteiger partial charge in [-0.1, -0.05) is 11.6 Å². The van der Waals surface area contributed by atoms with Gasteiger partial charge in [-0.15, -0.1) is 0 Å². The van der Waals surface area contributed by atoms with Gasteiger partial charge in [0.15, 0.2) is 0 Å². The molecule has 1 amide bonds. The van der Waals surface area contributed by atoms with Crippen LogP contribution in [0.2, 0.25) is 5.02 Å². The van der Waals surface area contributed by atoms with Gasteiger partial charge >= 0.3 is 0 Å². The van der Waals surface area contributed by atoms with E-state index in [-0.39, 0.29) is 16.3 Å². The van der Waals surface area contributed by atoms with Crippen LogP contribution in [-0.4, -0.2) is 10.9 Å². The summed E-state index contributed by atoms with van der Waals surface area (Å²) in [6.07, 6.45) is 1.13. The largest absolute Gasteiger partial charge is 0.320 e. The van der Waals surface area contributed by atoms with Gasteiger partial charge in [-0.2, -0.15) is 4.39 Å². The maximum atomic E-state index is 13.4. The van der Waals surface area contributed by atoms with E-state index >= 15 is 0 Å². The van der Waals surface area contributed by atoms with E-state index in [4.69, 9.17) is 11.6 Å². The fraction of sp³-hybridized carbons (Fsp3) is 0. The monoisotopic (exact) mass is 268 g/mol. The van der Waals surface area contributed by atoms with Gasteiger partial charge in [-0.3, -0.25) is 4.79 Å². The molecule has 0 saturated carbocycles. The molecule has 1 aromatic carbocycles. The molecule has 0 aliphatic rings. The Kier molecular flexibility index (Phi) is 3.53. The van der Waals surface area contributed by atoms with Crippen LogP contribution >= 0.6 is 11.6 Å². The van der Waals surface area contributed by atoms with Crippen LogP contribution in [0, 0.1) is 11.8 Å². The highest BCUT2D eigenvalue weighted by atomic mass is 35.5. The zero-order valence-corrected chi connectivity index (χ0v) is 9.71. The number of carbonyl (C=O) groups excluding carboxylic acids is 1. The number of rotatable bonds is 2. The molecule has 0 aliphatic heterocycles. The average molecular weight is 269 g/mol. The number of pyridine rings is 1. The van der Waals surface area contributed by atoms with Crippen LogP contribution in [0.1, 0.15) is 10.4 Å². The minimum Gasteiger partial charge on any atom is -0.320 e. The fourth-order valence-electron chi connectivity index (χ4n) is 1.32. The summed E-state index contributed by atoms with van der Waals surface area (Å²) in [6.45, 7) is 0. The Balaban J connectivity index is 2.21. The van der Waals surface area contributed by atoms with Gasteiger partial charge in [-0.05, 0) is 30.3 Å². The third-order valence-corrected chi connectivity index (χ3v) is 2.39. The molecule has 6 heteroatoms. The molecule has 18 heavy (non-hydrogen) atoms. The van der Waals surface area contributed by atoms with Gasteiger partial charge in [0.25, 0.3) is 5.91 Å². The highest BCUT2D eigenvalue weighted by Gasteiger charge is 2.12. The van der Waals surface area contributed by atoms with E-state index < -0.39 is 17.7 Å². The molecule has 2 rings (SSSR count). The second kappa shape index (κ2) is 5.10. The number of nitrogens with zero attached hydrogens (tertiary/aromatic N) is 1. The van der Waals surface area contributed by atoms with Crippen molar-refractivity contribution in [1.82, 2.24) is 4.98 Å². The van der Waals surface area contributed by atoms with Crippen LogP contribution in [0.25, 0.3) is 0 Å². The van der Waals surface area contributed by atoms with Gasteiger partial charge in [0.05, 0.1) is 17.4 Å². The van der Waals surface area contributed by atoms with E-state index in [0.717, 1.165) is 18.3 Å². The molecule has 3 nitrogen and oxygen atoms in total. The van der Waals surface area contributed by atoms with Crippen LogP contribution in [0.15, 0.2) is 36.5 Å². The molecule has 92 valence electrons. The number of hydrogen-bond donors (Lipinski definition) is 1. The number of carbonyl (C=O) groups is 1. The van der Waals surface area contributed by atoms with E-state index in [1.807, 2.05) is 0 Å². The van der Waals surface area contributed by atoms with Gasteiger partial charge in [0.2, 0.25) is 5.95 Å². The predicted octanol–water partition coefficient (Wildman–Crippen LogP) is 3.27. The number of amides is 1. The van der Waals surface area contributed by atoms with Crippen molar-refractivity contribution in [3.8, 4) is 0 Å². The molecule has 1 N–H and O–H groups in total. The Labute approximate surface area is 106 Å². The Morgan fingerprint density at radius 3 is 2.67 bits per heavy atom. The summed E-state index contributed by atoms with van der Waals surface area (Å²) in [7, 11) is 0. The van der Waals surface area contributed by atoms with Crippen molar-refractivity contribution in [2.24, 2.45) is 0 Å². The van der Waals surface area contributed by atoms with E-state index in [2.05, 4.69) is 10.3 Å². The predicted molar refractivity (Wildman–Crippen MR) is 63.6 cm³/mol. The third-order valence-electron chi connectivity index (χ3n) is 2.16. The number of hydrogen-bond acceptors (Lipinski definition) is 2. The van der Waals surface area contributed by atoms with Crippen molar-refractivity contribution < 1.29 is 13.6 Å². The summed E-state index contributed by atoms with van der Waals surface area (Å²) >= 11 is 5.68. The second-order valence-electron chi connectivity index (χ2n) is 3.45. The molecule has 0 aliphatic carbocycles. The quantitative estimate of drug-likeness (QED) is 0.850. The maximum absolute atomic E-state index is 13.4. The van der Waals surface area contributed by atoms with Crippen LogP contribution in [0.3, 0.4) is 0 Å². The first-order valence-corrected chi connectivity index (χ1v) is 5.32. The highest BCUT2D eigenvalue weighted by molar-refractivity contribution is 6.31. The molecule has 0 atom stereocenters. The summed E-state index contributed by atoms with van der Waals surface area (Å²) < 4.78 is 26.0. The molecule has 0 bridgehead atoms. The van der Waals surface area contributed by atoms with Crippen LogP contribution in [0.5, 0.6) is 0 Å². The van der Waals surface area contributed by atoms with Crippen LogP contribution in [0.4, 0.5) is 14.5 Å². The van der Waals surface area contributed by atoms with Gasteiger partial charge in [0.1, 0.15) is 5.82 Å². The van der Waals surface area contributed by atoms with E-state index in [1.54, 1.807) is 0 Å². The first-order valence-electron chi connectivity index (χ1n) is 4.94. The number of aromatic nitrogens is 1. The molecule has 0 spiro atoms. The van der Waals surface area contributed by atoms with Gasteiger partial charge in [-0.25, -0.2) is 9.37 Å². The van der Waals surface area contributed by atoms with Gasteiger partial charge in [0, 0.05) is 5.02 Å². The maximum Gasteiger partial charge on any atom is 0.258 e. The molecule has 0 saturated heterocycles. The van der Waals surface area contributed by atoms with Crippen molar-refractivity contribution in [2.45, 2.75) is 0 Å². The lowest BCUT2D eigenvalue weighted by Gasteiger charge is -2.06. The lowest BCUT2D eigenvalue weighted by atomic mass is 10.2. The Hall–Kier alpha value is -2.01. The first-order chi connectivity index (χ1) is 8.56. The summed E-state index contributed by atoms with van der Waals surface area (Å²) in [4.78, 5) is 15.1. The number of halogens is 3. The summed E-state index contributed by atoms with van der Waals surface area (Å²) in [5, 5.41) is 2.64. The van der Waals surface area contributed by atoms with Crippen molar-refractivity contribution in [1.29, 1.82) is 0 Å². The zero-order chi connectivity index (χ0) is 13.1. The SMILES string of the molecule is O=C(Nc1ccc(F)nc1)c1cc(Cl)ccc1F. The third kappa shape index (κ3) is 2.81. The normalized spacial score (nSPS) is 10.2. The Bertz CT molecular complexity index is 587. The first kappa shape index (κ1) is 12.4. The van der Waals surface area contributed by atoms with Crippen molar-refractivity contribution >= 4 is 23.2 Å². The standard InChI is InChI=1S/C12H7ClF2N2O/c13-7-1-3-10(14)9(5-7)12(18)17-8-2-4-11(15)16-6-8/h1-6H,(H,17,18). The van der Waals surface area contributed by atoms with Crippen molar-refractivity contribution in [3.05, 3.63) is 58.9 Å². The minimum absolute atomic E-state index is 0.188. The highest BCUT2D eigenvalue weighted by Crippen LogP contribution is 2.16. The van der Waals surface area contributed by atoms with Crippen molar-refractivity contribution in [3.63, 3.8) is 0 Å². The lowest BCUT2D eigenvalue weighted by molar-refractivity contribution is 0.102. The van der Waals surface area contributed by atoms with E-state index in [1.165, 1.54) is 18.2 Å². The zero-order valence-electron chi connectivity index (χ0n) is 8.95. The molecule has 0 unspecified atom stereocenters. The number of anilines is 1. The molecular weight excluding hydrogens is 262 g/mol. The molecule has 0 radical (unpaired) electrons. The summed E-state index contributed by atoms with van der Waals surface area (Å²) in [5.74, 6) is -2.03. The smallest absolute Gasteiger partial charge is 0.258 e. The topological polar surface area (TPSA) is 42.0 Å². The number of nitrogens with one attached hydrogen (secondary N) is 1. The molecular formula is C12H7ClF2N2O. The average Bonchev–Trinajstić information content (AvgIpc) is 2.35. The molecule has 0 fully saturated rings. The second-order valence-corrected chi connectivity index (χ2v) is 3.88. The van der Waals surface area contributed by atoms with Gasteiger partial charge < -0.3 is 5.32 Å². The fourth-order valence-corrected chi connectivity index (χ4v) is 1.49. The van der Waals surface area contributed by atoms with E-state index in [9.17, 15) is 13.6 Å².